The topological polar surface area (TPSA) is 35.2 Å². The van der Waals surface area contributed by atoms with Crippen molar-refractivity contribution in [1.82, 2.24) is 0 Å². The molecule has 0 amide bonds. The zero-order chi connectivity index (χ0) is 13.7. The van der Waals surface area contributed by atoms with Gasteiger partial charge in [-0.3, -0.25) is 0 Å². The number of ether oxygens (including phenoxy) is 1. The maximum Gasteiger partial charge on any atom is 0.138 e. The molecular formula is C16H18ClNO. The van der Waals surface area contributed by atoms with Gasteiger partial charge in [0.25, 0.3) is 0 Å². The minimum atomic E-state index is -0.164. The van der Waals surface area contributed by atoms with Crippen LogP contribution in [0, 0.1) is 0 Å². The van der Waals surface area contributed by atoms with Crippen molar-refractivity contribution < 1.29 is 4.74 Å². The van der Waals surface area contributed by atoms with E-state index in [0.717, 1.165) is 12.0 Å². The molecule has 0 fully saturated rings. The Kier molecular flexibility index (Phi) is 4.83. The third-order valence-electron chi connectivity index (χ3n) is 3.10. The summed E-state index contributed by atoms with van der Waals surface area (Å²) >= 11 is 6.11. The fourth-order valence-corrected chi connectivity index (χ4v) is 2.18. The van der Waals surface area contributed by atoms with Crippen molar-refractivity contribution >= 4 is 11.6 Å². The molecule has 2 N–H and O–H groups in total. The van der Waals surface area contributed by atoms with E-state index in [1.165, 1.54) is 0 Å². The molecule has 0 aromatic heterocycles. The van der Waals surface area contributed by atoms with Gasteiger partial charge in [-0.2, -0.15) is 0 Å². The van der Waals surface area contributed by atoms with Gasteiger partial charge in [0, 0.05) is 0 Å². The minimum absolute atomic E-state index is 0.0951. The number of benzene rings is 2. The molecule has 2 aromatic rings. The van der Waals surface area contributed by atoms with Crippen molar-refractivity contribution in [2.45, 2.75) is 25.5 Å². The monoisotopic (exact) mass is 275 g/mol. The molecule has 0 radical (unpaired) electrons. The number of halogens is 1. The molecule has 0 aliphatic heterocycles. The van der Waals surface area contributed by atoms with E-state index in [-0.39, 0.29) is 12.1 Å². The van der Waals surface area contributed by atoms with Crippen LogP contribution < -0.4 is 10.5 Å². The van der Waals surface area contributed by atoms with Gasteiger partial charge >= 0.3 is 0 Å². The quantitative estimate of drug-likeness (QED) is 0.888. The van der Waals surface area contributed by atoms with Crippen LogP contribution in [-0.4, -0.2) is 6.10 Å². The first-order chi connectivity index (χ1) is 9.22. The van der Waals surface area contributed by atoms with E-state index < -0.39 is 0 Å². The van der Waals surface area contributed by atoms with E-state index in [1.54, 1.807) is 0 Å². The normalized spacial score (nSPS) is 13.8. The van der Waals surface area contributed by atoms with Gasteiger partial charge in [0.05, 0.1) is 11.1 Å². The van der Waals surface area contributed by atoms with Gasteiger partial charge in [0.1, 0.15) is 11.9 Å². The van der Waals surface area contributed by atoms with Crippen molar-refractivity contribution in [3.8, 4) is 5.75 Å². The standard InChI is InChI=1S/C16H18ClNO/c1-2-14(16(18)12-8-4-3-5-9-12)19-15-11-7-6-10-13(15)17/h3-11,14,16H,2,18H2,1H3. The molecule has 0 aliphatic rings. The molecule has 0 saturated carbocycles. The lowest BCUT2D eigenvalue weighted by Crippen LogP contribution is -2.31. The second-order valence-electron chi connectivity index (χ2n) is 4.43. The van der Waals surface area contributed by atoms with Crippen LogP contribution in [-0.2, 0) is 0 Å². The van der Waals surface area contributed by atoms with Crippen LogP contribution in [0.4, 0.5) is 0 Å². The Labute approximate surface area is 119 Å². The van der Waals surface area contributed by atoms with E-state index in [0.29, 0.717) is 10.8 Å². The summed E-state index contributed by atoms with van der Waals surface area (Å²) < 4.78 is 5.95. The van der Waals surface area contributed by atoms with Gasteiger partial charge in [-0.1, -0.05) is 61.0 Å². The molecule has 3 heteroatoms. The fraction of sp³-hybridized carbons (Fsp3) is 0.250. The van der Waals surface area contributed by atoms with Crippen LogP contribution in [0.25, 0.3) is 0 Å². The number of rotatable bonds is 5. The molecule has 2 unspecified atom stereocenters. The lowest BCUT2D eigenvalue weighted by molar-refractivity contribution is 0.167. The molecule has 0 spiro atoms. The minimum Gasteiger partial charge on any atom is -0.487 e. The van der Waals surface area contributed by atoms with E-state index in [1.807, 2.05) is 54.6 Å². The summed E-state index contributed by atoms with van der Waals surface area (Å²) in [6.45, 7) is 2.06. The van der Waals surface area contributed by atoms with Crippen molar-refractivity contribution in [3.05, 3.63) is 65.2 Å². The van der Waals surface area contributed by atoms with Gasteiger partial charge in [0.15, 0.2) is 0 Å². The van der Waals surface area contributed by atoms with Crippen LogP contribution in [0.5, 0.6) is 5.75 Å². The highest BCUT2D eigenvalue weighted by Gasteiger charge is 2.20. The Hall–Kier alpha value is -1.51. The highest BCUT2D eigenvalue weighted by atomic mass is 35.5. The Bertz CT molecular complexity index is 515. The molecule has 0 aliphatic carbocycles. The molecule has 2 aromatic carbocycles. The summed E-state index contributed by atoms with van der Waals surface area (Å²) in [5, 5.41) is 0.612. The van der Waals surface area contributed by atoms with Crippen molar-refractivity contribution in [3.63, 3.8) is 0 Å². The van der Waals surface area contributed by atoms with E-state index in [9.17, 15) is 0 Å². The summed E-state index contributed by atoms with van der Waals surface area (Å²) in [6, 6.07) is 17.3. The van der Waals surface area contributed by atoms with Crippen LogP contribution in [0.15, 0.2) is 54.6 Å². The summed E-state index contributed by atoms with van der Waals surface area (Å²) in [5.74, 6) is 0.683. The molecule has 0 heterocycles. The van der Waals surface area contributed by atoms with Gasteiger partial charge in [0.2, 0.25) is 0 Å². The smallest absolute Gasteiger partial charge is 0.138 e. The maximum atomic E-state index is 6.28. The van der Waals surface area contributed by atoms with Crippen LogP contribution >= 0.6 is 11.6 Å². The summed E-state index contributed by atoms with van der Waals surface area (Å²) in [5.41, 5.74) is 7.35. The third kappa shape index (κ3) is 3.49. The number of nitrogens with two attached hydrogens (primary N) is 1. The van der Waals surface area contributed by atoms with E-state index in [4.69, 9.17) is 22.1 Å². The zero-order valence-electron chi connectivity index (χ0n) is 10.9. The highest BCUT2D eigenvalue weighted by Crippen LogP contribution is 2.28. The fourth-order valence-electron chi connectivity index (χ4n) is 2.00. The molecule has 2 rings (SSSR count). The van der Waals surface area contributed by atoms with Crippen molar-refractivity contribution in [2.75, 3.05) is 0 Å². The molecule has 100 valence electrons. The average Bonchev–Trinajstić information content (AvgIpc) is 2.47. The van der Waals surface area contributed by atoms with E-state index in [2.05, 4.69) is 6.92 Å². The molecule has 2 atom stereocenters. The SMILES string of the molecule is CCC(Oc1ccccc1Cl)C(N)c1ccccc1. The predicted molar refractivity (Wildman–Crippen MR) is 79.5 cm³/mol. The first-order valence-electron chi connectivity index (χ1n) is 6.44. The lowest BCUT2D eigenvalue weighted by atomic mass is 10.0. The number of hydrogen-bond donors (Lipinski definition) is 1. The van der Waals surface area contributed by atoms with Gasteiger partial charge in [-0.15, -0.1) is 0 Å². The first kappa shape index (κ1) is 13.9. The Morgan fingerprint density at radius 3 is 2.32 bits per heavy atom. The first-order valence-corrected chi connectivity index (χ1v) is 6.82. The predicted octanol–water partition coefficient (Wildman–Crippen LogP) is 4.20. The van der Waals surface area contributed by atoms with Gasteiger partial charge in [-0.25, -0.2) is 0 Å². The molecule has 0 saturated heterocycles. The highest BCUT2D eigenvalue weighted by molar-refractivity contribution is 6.32. The third-order valence-corrected chi connectivity index (χ3v) is 3.41. The molecule has 2 nitrogen and oxygen atoms in total. The lowest BCUT2D eigenvalue weighted by Gasteiger charge is -2.24. The van der Waals surface area contributed by atoms with Crippen LogP contribution in [0.3, 0.4) is 0 Å². The zero-order valence-corrected chi connectivity index (χ0v) is 11.7. The van der Waals surface area contributed by atoms with Gasteiger partial charge < -0.3 is 10.5 Å². The second kappa shape index (κ2) is 6.60. The number of para-hydroxylation sites is 1. The Morgan fingerprint density at radius 2 is 1.68 bits per heavy atom. The van der Waals surface area contributed by atoms with Crippen molar-refractivity contribution in [2.24, 2.45) is 5.73 Å². The summed E-state index contributed by atoms with van der Waals surface area (Å²) in [7, 11) is 0. The summed E-state index contributed by atoms with van der Waals surface area (Å²) in [4.78, 5) is 0. The maximum absolute atomic E-state index is 6.28. The largest absolute Gasteiger partial charge is 0.487 e. The summed E-state index contributed by atoms with van der Waals surface area (Å²) in [6.07, 6.45) is 0.726. The molecule has 19 heavy (non-hydrogen) atoms. The average molecular weight is 276 g/mol. The second-order valence-corrected chi connectivity index (χ2v) is 4.84. The molecular weight excluding hydrogens is 258 g/mol. The van der Waals surface area contributed by atoms with Gasteiger partial charge in [-0.05, 0) is 24.1 Å². The van der Waals surface area contributed by atoms with Crippen LogP contribution in [0.1, 0.15) is 24.9 Å². The van der Waals surface area contributed by atoms with E-state index >= 15 is 0 Å². The van der Waals surface area contributed by atoms with Crippen molar-refractivity contribution in [1.29, 1.82) is 0 Å². The number of hydrogen-bond acceptors (Lipinski definition) is 2. The Balaban J connectivity index is 2.15. The molecule has 0 bridgehead atoms. The Morgan fingerprint density at radius 1 is 1.05 bits per heavy atom. The van der Waals surface area contributed by atoms with Crippen LogP contribution in [0.2, 0.25) is 5.02 Å².